The van der Waals surface area contributed by atoms with E-state index in [1.807, 2.05) is 11.1 Å². The van der Waals surface area contributed by atoms with E-state index >= 15 is 0 Å². The number of carbonyl (C=O) groups excluding carboxylic acids is 1. The molecule has 1 amide bonds. The molecule has 2 aliphatic heterocycles. The molecule has 2 aromatic heterocycles. The zero-order valence-electron chi connectivity index (χ0n) is 15.9. The molecule has 2 aromatic rings. The number of pyridine rings is 1. The number of ether oxygens (including phenoxy) is 1. The summed E-state index contributed by atoms with van der Waals surface area (Å²) in [5.41, 5.74) is 2.70. The highest BCUT2D eigenvalue weighted by molar-refractivity contribution is 5.92. The number of nitrogens with zero attached hydrogens (tertiary/aromatic N) is 4. The van der Waals surface area contributed by atoms with E-state index in [4.69, 9.17) is 9.26 Å². The van der Waals surface area contributed by atoms with E-state index in [0.717, 1.165) is 31.7 Å². The van der Waals surface area contributed by atoms with Crippen molar-refractivity contribution in [2.45, 2.75) is 32.9 Å². The lowest BCUT2D eigenvalue weighted by atomic mass is 10.1. The highest BCUT2D eigenvalue weighted by Crippen LogP contribution is 2.23. The lowest BCUT2D eigenvalue weighted by Crippen LogP contribution is -2.46. The van der Waals surface area contributed by atoms with Crippen molar-refractivity contribution in [2.75, 3.05) is 32.8 Å². The molecule has 7 nitrogen and oxygen atoms in total. The van der Waals surface area contributed by atoms with Crippen molar-refractivity contribution in [3.05, 3.63) is 47.1 Å². The van der Waals surface area contributed by atoms with Crippen LogP contribution in [0.15, 0.2) is 28.9 Å². The second-order valence-electron chi connectivity index (χ2n) is 7.54. The molecule has 0 aromatic carbocycles. The topological polar surface area (TPSA) is 71.7 Å². The summed E-state index contributed by atoms with van der Waals surface area (Å²) in [6.45, 7) is 8.32. The maximum absolute atomic E-state index is 13.0. The Morgan fingerprint density at radius 2 is 2.15 bits per heavy atom. The molecule has 0 unspecified atom stereocenters. The van der Waals surface area contributed by atoms with Gasteiger partial charge in [0.05, 0.1) is 24.9 Å². The molecule has 0 aliphatic carbocycles. The van der Waals surface area contributed by atoms with Crippen LogP contribution in [0.1, 0.15) is 34.4 Å². The van der Waals surface area contributed by atoms with E-state index in [2.05, 4.69) is 34.1 Å². The van der Waals surface area contributed by atoms with Gasteiger partial charge in [0.1, 0.15) is 5.76 Å². The number of rotatable bonds is 4. The van der Waals surface area contributed by atoms with Gasteiger partial charge < -0.3 is 14.2 Å². The first-order valence-corrected chi connectivity index (χ1v) is 9.60. The smallest absolute Gasteiger partial charge is 0.276 e. The largest absolute Gasteiger partial charge is 0.379 e. The van der Waals surface area contributed by atoms with Gasteiger partial charge in [-0.25, -0.2) is 0 Å². The van der Waals surface area contributed by atoms with Crippen LogP contribution in [0.5, 0.6) is 0 Å². The number of fused-ring (bicyclic) bond motifs is 3. The fourth-order valence-corrected chi connectivity index (χ4v) is 3.92. The van der Waals surface area contributed by atoms with Gasteiger partial charge in [0.15, 0.2) is 5.69 Å². The fourth-order valence-electron chi connectivity index (χ4n) is 3.92. The summed E-state index contributed by atoms with van der Waals surface area (Å²) >= 11 is 0. The highest BCUT2D eigenvalue weighted by Gasteiger charge is 2.37. The van der Waals surface area contributed by atoms with Gasteiger partial charge in [0.2, 0.25) is 0 Å². The van der Waals surface area contributed by atoms with Crippen molar-refractivity contribution in [2.24, 2.45) is 5.92 Å². The van der Waals surface area contributed by atoms with Crippen molar-refractivity contribution < 1.29 is 14.1 Å². The average Bonchev–Trinajstić information content (AvgIpc) is 2.90. The lowest BCUT2D eigenvalue weighted by Gasteiger charge is -2.30. The molecule has 4 rings (SSSR count). The average molecular weight is 370 g/mol. The van der Waals surface area contributed by atoms with Crippen LogP contribution in [-0.4, -0.2) is 64.7 Å². The zero-order valence-corrected chi connectivity index (χ0v) is 15.9. The number of aryl methyl sites for hydroxylation is 2. The summed E-state index contributed by atoms with van der Waals surface area (Å²) in [7, 11) is 0. The molecule has 2 aliphatic rings. The summed E-state index contributed by atoms with van der Waals surface area (Å²) in [5.74, 6) is 0.861. The molecule has 0 spiro atoms. The van der Waals surface area contributed by atoms with Crippen LogP contribution < -0.4 is 0 Å². The van der Waals surface area contributed by atoms with Crippen LogP contribution in [0, 0.1) is 12.8 Å². The first kappa shape index (κ1) is 18.1. The van der Waals surface area contributed by atoms with Crippen LogP contribution in [0.25, 0.3) is 0 Å². The molecule has 0 radical (unpaired) electrons. The Hall–Kier alpha value is -2.25. The molecule has 2 saturated heterocycles. The highest BCUT2D eigenvalue weighted by atomic mass is 16.5. The summed E-state index contributed by atoms with van der Waals surface area (Å²) in [6.07, 6.45) is 2.96. The Balaban J connectivity index is 1.49. The van der Waals surface area contributed by atoms with Crippen LogP contribution in [0.3, 0.4) is 0 Å². The maximum atomic E-state index is 13.0. The van der Waals surface area contributed by atoms with E-state index in [0.29, 0.717) is 31.2 Å². The van der Waals surface area contributed by atoms with Crippen molar-refractivity contribution >= 4 is 5.91 Å². The molecular formula is C20H26N4O3. The Labute approximate surface area is 159 Å². The third-order valence-electron chi connectivity index (χ3n) is 5.33. The van der Waals surface area contributed by atoms with Crippen LogP contribution in [0.4, 0.5) is 0 Å². The molecule has 2 bridgehead atoms. The number of hydrogen-bond acceptors (Lipinski definition) is 6. The number of amides is 1. The first-order valence-electron chi connectivity index (χ1n) is 9.60. The monoisotopic (exact) mass is 370 g/mol. The molecule has 144 valence electrons. The summed E-state index contributed by atoms with van der Waals surface area (Å²) in [4.78, 5) is 21.9. The standard InChI is InChI=1S/C20H26N4O3/c1-3-15-4-5-17(21-7-15)10-23-8-16-9-24(18(11-23)13-26-12-16)20(25)19-6-14(2)27-22-19/h4-7,16,18H,3,8-13H2,1-2H3/t16-,18-/m0/s1. The SMILES string of the molecule is CCc1ccc(CN2C[C@@H]3COC[C@H](C2)N(C(=O)c2cc(C)on2)C3)nc1. The van der Waals surface area contributed by atoms with Gasteiger partial charge in [-0.15, -0.1) is 0 Å². The molecule has 0 N–H and O–H groups in total. The van der Waals surface area contributed by atoms with Gasteiger partial charge in [0, 0.05) is 44.4 Å². The van der Waals surface area contributed by atoms with Crippen LogP contribution >= 0.6 is 0 Å². The van der Waals surface area contributed by atoms with Crippen molar-refractivity contribution in [3.8, 4) is 0 Å². The van der Waals surface area contributed by atoms with E-state index in [1.54, 1.807) is 13.0 Å². The molecule has 7 heteroatoms. The van der Waals surface area contributed by atoms with Gasteiger partial charge in [-0.1, -0.05) is 18.1 Å². The number of aromatic nitrogens is 2. The third-order valence-corrected chi connectivity index (χ3v) is 5.33. The maximum Gasteiger partial charge on any atom is 0.276 e. The predicted octanol–water partition coefficient (Wildman–Crippen LogP) is 1.91. The summed E-state index contributed by atoms with van der Waals surface area (Å²) in [5, 5.41) is 3.91. The van der Waals surface area contributed by atoms with E-state index in [1.165, 1.54) is 5.56 Å². The Morgan fingerprint density at radius 1 is 1.26 bits per heavy atom. The minimum atomic E-state index is -0.0698. The van der Waals surface area contributed by atoms with Gasteiger partial charge in [-0.3, -0.25) is 14.7 Å². The van der Waals surface area contributed by atoms with Gasteiger partial charge in [0.25, 0.3) is 5.91 Å². The van der Waals surface area contributed by atoms with E-state index in [9.17, 15) is 4.79 Å². The molecule has 0 saturated carbocycles. The zero-order chi connectivity index (χ0) is 18.8. The lowest BCUT2D eigenvalue weighted by molar-refractivity contribution is 0.0417. The van der Waals surface area contributed by atoms with Crippen molar-refractivity contribution in [1.29, 1.82) is 0 Å². The molecule has 27 heavy (non-hydrogen) atoms. The second-order valence-corrected chi connectivity index (χ2v) is 7.54. The van der Waals surface area contributed by atoms with Gasteiger partial charge >= 0.3 is 0 Å². The quantitative estimate of drug-likeness (QED) is 0.819. The first-order chi connectivity index (χ1) is 13.1. The predicted molar refractivity (Wildman–Crippen MR) is 99.3 cm³/mol. The van der Waals surface area contributed by atoms with Gasteiger partial charge in [-0.2, -0.15) is 0 Å². The normalized spacial score (nSPS) is 23.3. The fraction of sp³-hybridized carbons (Fsp3) is 0.550. The van der Waals surface area contributed by atoms with E-state index < -0.39 is 0 Å². The van der Waals surface area contributed by atoms with Gasteiger partial charge in [-0.05, 0) is 25.0 Å². The Bertz CT molecular complexity index is 789. The molecule has 2 fully saturated rings. The van der Waals surface area contributed by atoms with Crippen LogP contribution in [0.2, 0.25) is 0 Å². The minimum absolute atomic E-state index is 0.0110. The molecule has 4 heterocycles. The van der Waals surface area contributed by atoms with Crippen molar-refractivity contribution in [3.63, 3.8) is 0 Å². The summed E-state index contributed by atoms with van der Waals surface area (Å²) in [6, 6.07) is 5.97. The second kappa shape index (κ2) is 7.78. The number of carbonyl (C=O) groups is 1. The minimum Gasteiger partial charge on any atom is -0.379 e. The van der Waals surface area contributed by atoms with Crippen LogP contribution in [-0.2, 0) is 17.7 Å². The molecular weight excluding hydrogens is 344 g/mol. The van der Waals surface area contributed by atoms with Crippen molar-refractivity contribution in [1.82, 2.24) is 19.9 Å². The Kier molecular flexibility index (Phi) is 5.22. The Morgan fingerprint density at radius 3 is 2.85 bits per heavy atom. The van der Waals surface area contributed by atoms with E-state index in [-0.39, 0.29) is 17.9 Å². The third kappa shape index (κ3) is 4.04. The summed E-state index contributed by atoms with van der Waals surface area (Å²) < 4.78 is 10.9. The molecule has 2 atom stereocenters. The number of hydrogen-bond donors (Lipinski definition) is 0.